The Labute approximate surface area is 106 Å². The van der Waals surface area contributed by atoms with E-state index in [1.54, 1.807) is 12.3 Å². The van der Waals surface area contributed by atoms with Gasteiger partial charge in [0.1, 0.15) is 5.69 Å². The number of hydrogen-bond acceptors (Lipinski definition) is 5. The lowest BCUT2D eigenvalue weighted by Gasteiger charge is -2.18. The first-order valence-electron chi connectivity index (χ1n) is 5.88. The number of hydrogen-bond donors (Lipinski definition) is 3. The van der Waals surface area contributed by atoms with Crippen LogP contribution in [0.15, 0.2) is 23.5 Å². The zero-order chi connectivity index (χ0) is 13.2. The van der Waals surface area contributed by atoms with Crippen LogP contribution in [0.1, 0.15) is 24.6 Å². The molecule has 18 heavy (non-hydrogen) atoms. The molecular formula is C12H18N4O2. The Morgan fingerprint density at radius 1 is 1.67 bits per heavy atom. The minimum absolute atomic E-state index is 0.00488. The van der Waals surface area contributed by atoms with Crippen molar-refractivity contribution in [3.05, 3.63) is 29.6 Å². The van der Waals surface area contributed by atoms with Gasteiger partial charge in [0.15, 0.2) is 5.84 Å². The number of oxime groups is 1. The molecule has 0 radical (unpaired) electrons. The summed E-state index contributed by atoms with van der Waals surface area (Å²) in [6.45, 7) is 4.11. The van der Waals surface area contributed by atoms with Crippen LogP contribution in [0.5, 0.6) is 0 Å². The molecule has 6 nitrogen and oxygen atoms in total. The molecule has 1 aliphatic heterocycles. The first-order valence-corrected chi connectivity index (χ1v) is 5.88. The van der Waals surface area contributed by atoms with Crippen LogP contribution in [0.25, 0.3) is 0 Å². The predicted octanol–water partition coefficient (Wildman–Crippen LogP) is 0.133. The lowest BCUT2D eigenvalue weighted by atomic mass is 10.1. The lowest BCUT2D eigenvalue weighted by molar-refractivity contribution is 0.0679. The molecule has 6 heteroatoms. The maximum absolute atomic E-state index is 9.90. The van der Waals surface area contributed by atoms with E-state index in [9.17, 15) is 5.11 Å². The van der Waals surface area contributed by atoms with Crippen molar-refractivity contribution in [3.63, 3.8) is 0 Å². The molecule has 98 valence electrons. The Morgan fingerprint density at radius 2 is 2.44 bits per heavy atom. The largest absolute Gasteiger partial charge is 0.409 e. The Kier molecular flexibility index (Phi) is 3.49. The number of amidine groups is 1. The monoisotopic (exact) mass is 250 g/mol. The van der Waals surface area contributed by atoms with Gasteiger partial charge in [-0.15, -0.1) is 0 Å². The van der Waals surface area contributed by atoms with E-state index in [0.717, 1.165) is 25.1 Å². The Bertz CT molecular complexity index is 459. The van der Waals surface area contributed by atoms with E-state index in [2.05, 4.69) is 15.0 Å². The molecule has 2 rings (SSSR count). The second kappa shape index (κ2) is 4.91. The Balaban J connectivity index is 2.06. The third-order valence-corrected chi connectivity index (χ3v) is 3.13. The fourth-order valence-corrected chi connectivity index (χ4v) is 2.20. The number of pyridine rings is 1. The highest BCUT2D eigenvalue weighted by molar-refractivity contribution is 5.95. The molecule has 2 heterocycles. The summed E-state index contributed by atoms with van der Waals surface area (Å²) >= 11 is 0. The van der Waals surface area contributed by atoms with Crippen LogP contribution in [0.4, 0.5) is 0 Å². The van der Waals surface area contributed by atoms with E-state index in [1.165, 1.54) is 0 Å². The third-order valence-electron chi connectivity index (χ3n) is 3.13. The zero-order valence-electron chi connectivity index (χ0n) is 10.4. The number of nitrogens with two attached hydrogens (primary N) is 1. The summed E-state index contributed by atoms with van der Waals surface area (Å²) in [6.07, 6.45) is 2.42. The second-order valence-electron chi connectivity index (χ2n) is 4.99. The summed E-state index contributed by atoms with van der Waals surface area (Å²) in [5, 5.41) is 21.4. The van der Waals surface area contributed by atoms with E-state index in [-0.39, 0.29) is 5.84 Å². The predicted molar refractivity (Wildman–Crippen MR) is 67.3 cm³/mol. The number of likely N-dealkylation sites (tertiary alicyclic amines) is 1. The highest BCUT2D eigenvalue weighted by Crippen LogP contribution is 2.21. The first kappa shape index (κ1) is 12.8. The summed E-state index contributed by atoms with van der Waals surface area (Å²) in [5.74, 6) is 0.00488. The normalized spacial score (nSPS) is 25.6. The second-order valence-corrected chi connectivity index (χ2v) is 4.99. The molecule has 1 unspecified atom stereocenters. The summed E-state index contributed by atoms with van der Waals surface area (Å²) < 4.78 is 0. The SMILES string of the molecule is CC1(O)CCN(Cc2ccnc(/C(N)=N/O)c2)C1. The number of nitrogens with zero attached hydrogens (tertiary/aromatic N) is 3. The van der Waals surface area contributed by atoms with Gasteiger partial charge in [0.2, 0.25) is 0 Å². The van der Waals surface area contributed by atoms with Crippen molar-refractivity contribution in [2.45, 2.75) is 25.5 Å². The van der Waals surface area contributed by atoms with Gasteiger partial charge in [-0.05, 0) is 31.0 Å². The van der Waals surface area contributed by atoms with Crippen molar-refractivity contribution in [1.29, 1.82) is 0 Å². The average molecular weight is 250 g/mol. The summed E-state index contributed by atoms with van der Waals surface area (Å²) in [5.41, 5.74) is 6.39. The molecule has 1 aliphatic rings. The fraction of sp³-hybridized carbons (Fsp3) is 0.500. The van der Waals surface area contributed by atoms with Gasteiger partial charge in [-0.2, -0.15) is 0 Å². The van der Waals surface area contributed by atoms with Crippen molar-refractivity contribution >= 4 is 5.84 Å². The van der Waals surface area contributed by atoms with Crippen molar-refractivity contribution in [2.75, 3.05) is 13.1 Å². The van der Waals surface area contributed by atoms with Crippen LogP contribution in [0.2, 0.25) is 0 Å². The van der Waals surface area contributed by atoms with Crippen molar-refractivity contribution in [2.24, 2.45) is 10.9 Å². The quantitative estimate of drug-likeness (QED) is 0.307. The van der Waals surface area contributed by atoms with Gasteiger partial charge in [0, 0.05) is 25.8 Å². The van der Waals surface area contributed by atoms with Gasteiger partial charge in [-0.3, -0.25) is 9.88 Å². The summed E-state index contributed by atoms with van der Waals surface area (Å²) in [7, 11) is 0. The van der Waals surface area contributed by atoms with E-state index in [0.29, 0.717) is 12.2 Å². The zero-order valence-corrected chi connectivity index (χ0v) is 10.4. The number of aliphatic hydroxyl groups is 1. The highest BCUT2D eigenvalue weighted by Gasteiger charge is 2.30. The molecule has 1 aromatic rings. The van der Waals surface area contributed by atoms with Crippen LogP contribution >= 0.6 is 0 Å². The smallest absolute Gasteiger partial charge is 0.188 e. The standard InChI is InChI=1S/C12H18N4O2/c1-12(17)3-5-16(8-12)7-9-2-4-14-10(6-9)11(13)15-18/h2,4,6,17-18H,3,5,7-8H2,1H3,(H2,13,15). The molecular weight excluding hydrogens is 232 g/mol. The molecule has 0 amide bonds. The van der Waals surface area contributed by atoms with Gasteiger partial charge in [0.05, 0.1) is 5.60 Å². The topological polar surface area (TPSA) is 95.0 Å². The van der Waals surface area contributed by atoms with Gasteiger partial charge < -0.3 is 16.0 Å². The lowest BCUT2D eigenvalue weighted by Crippen LogP contribution is -2.29. The van der Waals surface area contributed by atoms with E-state index < -0.39 is 5.60 Å². The Morgan fingerprint density at radius 3 is 3.06 bits per heavy atom. The molecule has 4 N–H and O–H groups in total. The van der Waals surface area contributed by atoms with Crippen molar-refractivity contribution in [3.8, 4) is 0 Å². The molecule has 1 aromatic heterocycles. The average Bonchev–Trinajstić information content (AvgIpc) is 2.68. The number of β-amino-alcohol motifs (C(OH)–C–C–N with tert-alkyl or cyclic N) is 1. The van der Waals surface area contributed by atoms with Crippen molar-refractivity contribution < 1.29 is 10.3 Å². The summed E-state index contributed by atoms with van der Waals surface area (Å²) in [4.78, 5) is 6.20. The molecule has 0 saturated carbocycles. The summed E-state index contributed by atoms with van der Waals surface area (Å²) in [6, 6.07) is 3.68. The van der Waals surface area contributed by atoms with Gasteiger partial charge in [0.25, 0.3) is 0 Å². The maximum atomic E-state index is 9.90. The van der Waals surface area contributed by atoms with E-state index in [4.69, 9.17) is 10.9 Å². The van der Waals surface area contributed by atoms with Crippen LogP contribution in [-0.2, 0) is 6.54 Å². The minimum Gasteiger partial charge on any atom is -0.409 e. The Hall–Kier alpha value is -1.66. The molecule has 1 fully saturated rings. The van der Waals surface area contributed by atoms with Gasteiger partial charge >= 0.3 is 0 Å². The highest BCUT2D eigenvalue weighted by atomic mass is 16.4. The fourth-order valence-electron chi connectivity index (χ4n) is 2.20. The van der Waals surface area contributed by atoms with Crippen LogP contribution in [0.3, 0.4) is 0 Å². The van der Waals surface area contributed by atoms with Crippen molar-refractivity contribution in [1.82, 2.24) is 9.88 Å². The van der Waals surface area contributed by atoms with Crippen LogP contribution in [0, 0.1) is 0 Å². The van der Waals surface area contributed by atoms with Crippen LogP contribution in [-0.4, -0.2) is 44.7 Å². The minimum atomic E-state index is -0.596. The molecule has 1 saturated heterocycles. The molecule has 0 bridgehead atoms. The van der Waals surface area contributed by atoms with E-state index in [1.807, 2.05) is 13.0 Å². The number of aromatic nitrogens is 1. The molecule has 1 atom stereocenters. The molecule has 0 aliphatic carbocycles. The molecule has 0 aromatic carbocycles. The van der Waals surface area contributed by atoms with Gasteiger partial charge in [-0.1, -0.05) is 5.16 Å². The number of rotatable bonds is 3. The van der Waals surface area contributed by atoms with E-state index >= 15 is 0 Å². The van der Waals surface area contributed by atoms with Gasteiger partial charge in [-0.25, -0.2) is 0 Å². The first-order chi connectivity index (χ1) is 8.50. The maximum Gasteiger partial charge on any atom is 0.188 e. The third kappa shape index (κ3) is 2.96. The molecule has 0 spiro atoms. The van der Waals surface area contributed by atoms with Crippen LogP contribution < -0.4 is 5.73 Å².